The predicted octanol–water partition coefficient (Wildman–Crippen LogP) is 5.46. The molecule has 26 heavy (non-hydrogen) atoms. The topological polar surface area (TPSA) is 67.8 Å². The number of carbonyl (C=O) groups is 1. The Kier molecular flexibility index (Phi) is 7.39. The van der Waals surface area contributed by atoms with Crippen LogP contribution in [0.15, 0.2) is 36.4 Å². The van der Waals surface area contributed by atoms with E-state index in [1.54, 1.807) is 24.3 Å². The summed E-state index contributed by atoms with van der Waals surface area (Å²) >= 11 is 4.47. The van der Waals surface area contributed by atoms with E-state index in [-0.39, 0.29) is 5.75 Å². The number of nitrogens with one attached hydrogen (secondary N) is 1. The summed E-state index contributed by atoms with van der Waals surface area (Å²) in [6.07, 6.45) is 0.291. The molecular weight excluding hydrogens is 560 g/mol. The summed E-state index contributed by atoms with van der Waals surface area (Å²) in [5.74, 6) is 1.65. The first-order chi connectivity index (χ1) is 12.1. The Morgan fingerprint density at radius 2 is 1.69 bits per heavy atom. The van der Waals surface area contributed by atoms with E-state index >= 15 is 0 Å². The summed E-state index contributed by atoms with van der Waals surface area (Å²) in [4.78, 5) is 11.7. The lowest BCUT2D eigenvalue weighted by Gasteiger charge is -2.19. The molecule has 0 radical (unpaired) electrons. The molecule has 1 amide bonds. The molecular formula is C19H21I2NO4. The quantitative estimate of drug-likeness (QED) is 0.461. The largest absolute Gasteiger partial charge is 0.508 e. The minimum atomic E-state index is -0.498. The van der Waals surface area contributed by atoms with E-state index in [1.165, 1.54) is 0 Å². The number of aromatic hydroxyl groups is 1. The number of carbonyl (C=O) groups excluding carboxylic acids is 1. The van der Waals surface area contributed by atoms with Crippen molar-refractivity contribution in [1.82, 2.24) is 5.32 Å². The van der Waals surface area contributed by atoms with Gasteiger partial charge in [-0.15, -0.1) is 0 Å². The van der Waals surface area contributed by atoms with Crippen molar-refractivity contribution in [1.29, 1.82) is 0 Å². The number of alkyl carbamates (subject to hydrolysis) is 1. The smallest absolute Gasteiger partial charge is 0.407 e. The van der Waals surface area contributed by atoms with Gasteiger partial charge in [-0.1, -0.05) is 0 Å². The monoisotopic (exact) mass is 581 g/mol. The van der Waals surface area contributed by atoms with Gasteiger partial charge in [0.2, 0.25) is 0 Å². The average molecular weight is 581 g/mol. The van der Waals surface area contributed by atoms with Crippen molar-refractivity contribution in [2.45, 2.75) is 32.8 Å². The average Bonchev–Trinajstić information content (AvgIpc) is 2.51. The van der Waals surface area contributed by atoms with Crippen LogP contribution in [0.3, 0.4) is 0 Å². The number of rotatable bonds is 5. The first-order valence-corrected chi connectivity index (χ1v) is 10.2. The van der Waals surface area contributed by atoms with Crippen LogP contribution in [0.5, 0.6) is 17.2 Å². The van der Waals surface area contributed by atoms with Gasteiger partial charge in [0.25, 0.3) is 0 Å². The highest BCUT2D eigenvalue weighted by molar-refractivity contribution is 14.1. The molecule has 0 saturated carbocycles. The van der Waals surface area contributed by atoms with Gasteiger partial charge in [-0.2, -0.15) is 0 Å². The molecule has 0 aliphatic carbocycles. The molecule has 0 aromatic heterocycles. The number of phenols is 1. The van der Waals surface area contributed by atoms with Crippen molar-refractivity contribution in [2.75, 3.05) is 6.54 Å². The summed E-state index contributed by atoms with van der Waals surface area (Å²) in [5, 5.41) is 12.1. The molecule has 0 saturated heterocycles. The maximum atomic E-state index is 11.7. The number of halogens is 2. The molecule has 0 fully saturated rings. The molecule has 0 spiro atoms. The lowest BCUT2D eigenvalue weighted by Crippen LogP contribution is -2.33. The Bertz CT molecular complexity index is 747. The first-order valence-electron chi connectivity index (χ1n) is 8.06. The molecule has 0 heterocycles. The fourth-order valence-electron chi connectivity index (χ4n) is 2.11. The lowest BCUT2D eigenvalue weighted by atomic mass is 10.1. The maximum Gasteiger partial charge on any atom is 0.407 e. The Balaban J connectivity index is 1.98. The second-order valence-electron chi connectivity index (χ2n) is 6.66. The highest BCUT2D eigenvalue weighted by Gasteiger charge is 2.16. The SMILES string of the molecule is CC(C)(C)OC(=O)NCCc1cc(I)c(Oc2ccc(O)cc2)c(I)c1. The highest BCUT2D eigenvalue weighted by atomic mass is 127. The fourth-order valence-corrected chi connectivity index (χ4v) is 4.23. The van der Waals surface area contributed by atoms with Gasteiger partial charge in [0.05, 0.1) is 7.14 Å². The predicted molar refractivity (Wildman–Crippen MR) is 118 cm³/mol. The number of amides is 1. The normalized spacial score (nSPS) is 11.1. The number of phenolic OH excluding ortho intramolecular Hbond substituents is 1. The molecule has 0 unspecified atom stereocenters. The van der Waals surface area contributed by atoms with Crippen molar-refractivity contribution >= 4 is 51.3 Å². The minimum absolute atomic E-state index is 0.203. The third-order valence-corrected chi connectivity index (χ3v) is 4.80. The fraction of sp³-hybridized carbons (Fsp3) is 0.316. The number of benzene rings is 2. The van der Waals surface area contributed by atoms with Crippen LogP contribution in [0.2, 0.25) is 0 Å². The Morgan fingerprint density at radius 1 is 1.12 bits per heavy atom. The zero-order chi connectivity index (χ0) is 19.3. The molecule has 140 valence electrons. The molecule has 0 aliphatic heterocycles. The van der Waals surface area contributed by atoms with Gasteiger partial charge < -0.3 is 19.9 Å². The van der Waals surface area contributed by atoms with E-state index in [0.29, 0.717) is 18.7 Å². The second kappa shape index (κ2) is 9.12. The zero-order valence-corrected chi connectivity index (χ0v) is 19.1. The van der Waals surface area contributed by atoms with E-state index in [2.05, 4.69) is 50.5 Å². The van der Waals surface area contributed by atoms with Gasteiger partial charge in [0, 0.05) is 6.54 Å². The Morgan fingerprint density at radius 3 is 2.23 bits per heavy atom. The zero-order valence-electron chi connectivity index (χ0n) is 14.8. The van der Waals surface area contributed by atoms with Crippen LogP contribution in [0.4, 0.5) is 4.79 Å². The third kappa shape index (κ3) is 6.82. The highest BCUT2D eigenvalue weighted by Crippen LogP contribution is 2.33. The minimum Gasteiger partial charge on any atom is -0.508 e. The molecule has 2 aromatic carbocycles. The summed E-state index contributed by atoms with van der Waals surface area (Å²) < 4.78 is 13.1. The molecule has 5 nitrogen and oxygen atoms in total. The van der Waals surface area contributed by atoms with Crippen molar-refractivity contribution in [3.63, 3.8) is 0 Å². The van der Waals surface area contributed by atoms with Crippen LogP contribution in [-0.2, 0) is 11.2 Å². The summed E-state index contributed by atoms with van der Waals surface area (Å²) in [7, 11) is 0. The van der Waals surface area contributed by atoms with Crippen molar-refractivity contribution in [3.05, 3.63) is 49.1 Å². The maximum absolute atomic E-state index is 11.7. The first kappa shape index (κ1) is 21.1. The van der Waals surface area contributed by atoms with E-state index in [4.69, 9.17) is 9.47 Å². The van der Waals surface area contributed by atoms with Crippen molar-refractivity contribution in [3.8, 4) is 17.2 Å². The Hall–Kier alpha value is -1.23. The molecule has 0 aliphatic rings. The van der Waals surface area contributed by atoms with Crippen molar-refractivity contribution in [2.24, 2.45) is 0 Å². The van der Waals surface area contributed by atoms with Gasteiger partial charge in [-0.3, -0.25) is 0 Å². The van der Waals surface area contributed by atoms with E-state index in [9.17, 15) is 9.90 Å². The van der Waals surface area contributed by atoms with Gasteiger partial charge in [0.1, 0.15) is 17.1 Å². The molecule has 2 aromatic rings. The van der Waals surface area contributed by atoms with E-state index < -0.39 is 11.7 Å². The Labute approximate surface area is 180 Å². The van der Waals surface area contributed by atoms with Crippen LogP contribution >= 0.6 is 45.2 Å². The molecule has 7 heteroatoms. The third-order valence-electron chi connectivity index (χ3n) is 3.20. The van der Waals surface area contributed by atoms with Crippen molar-refractivity contribution < 1.29 is 19.4 Å². The second-order valence-corrected chi connectivity index (χ2v) is 8.99. The summed E-state index contributed by atoms with van der Waals surface area (Å²) in [5.41, 5.74) is 0.607. The van der Waals surface area contributed by atoms with Crippen LogP contribution < -0.4 is 10.1 Å². The van der Waals surface area contributed by atoms with E-state index in [0.717, 1.165) is 18.5 Å². The van der Waals surface area contributed by atoms with Crippen LogP contribution in [0, 0.1) is 7.14 Å². The molecule has 0 bridgehead atoms. The van der Waals surface area contributed by atoms with Crippen LogP contribution in [-0.4, -0.2) is 23.3 Å². The van der Waals surface area contributed by atoms with Gasteiger partial charge in [0.15, 0.2) is 5.75 Å². The van der Waals surface area contributed by atoms with Gasteiger partial charge >= 0.3 is 6.09 Å². The molecule has 2 rings (SSSR count). The number of hydrogen-bond donors (Lipinski definition) is 2. The summed E-state index contributed by atoms with van der Waals surface area (Å²) in [6.45, 7) is 6.01. The van der Waals surface area contributed by atoms with E-state index in [1.807, 2.05) is 32.9 Å². The summed E-state index contributed by atoms with van der Waals surface area (Å²) in [6, 6.07) is 10.7. The number of hydrogen-bond acceptors (Lipinski definition) is 4. The standard InChI is InChI=1S/C19H21I2NO4/c1-19(2,3)26-18(24)22-9-8-12-10-15(20)17(16(21)11-12)25-14-6-4-13(23)5-7-14/h4-7,10-11,23H,8-9H2,1-3H3,(H,22,24). The molecule has 2 N–H and O–H groups in total. The molecule has 0 atom stereocenters. The van der Waals surface area contributed by atoms with Crippen LogP contribution in [0.25, 0.3) is 0 Å². The lowest BCUT2D eigenvalue weighted by molar-refractivity contribution is 0.0528. The van der Waals surface area contributed by atoms with Gasteiger partial charge in [-0.05, 0) is 114 Å². The van der Waals surface area contributed by atoms with Gasteiger partial charge in [-0.25, -0.2) is 4.79 Å². The number of ether oxygens (including phenoxy) is 2. The van der Waals surface area contributed by atoms with Crippen LogP contribution in [0.1, 0.15) is 26.3 Å².